The molecule has 0 aliphatic carbocycles. The Kier molecular flexibility index (Phi) is 5.58. The number of esters is 1. The van der Waals surface area contributed by atoms with Crippen molar-refractivity contribution in [2.24, 2.45) is 0 Å². The summed E-state index contributed by atoms with van der Waals surface area (Å²) in [5, 5.41) is 0. The van der Waals surface area contributed by atoms with Crippen LogP contribution in [0.3, 0.4) is 0 Å². The Balaban J connectivity index is 2.07. The van der Waals surface area contributed by atoms with Gasteiger partial charge in [0.25, 0.3) is 0 Å². The Hall–Kier alpha value is -2.67. The van der Waals surface area contributed by atoms with Crippen LogP contribution >= 0.6 is 0 Å². The number of benzene rings is 2. The summed E-state index contributed by atoms with van der Waals surface area (Å²) < 4.78 is 33.0. The Morgan fingerprint density at radius 2 is 1.44 bits per heavy atom. The van der Waals surface area contributed by atoms with E-state index in [1.54, 1.807) is 24.3 Å². The smallest absolute Gasteiger partial charge is 0.338 e. The molecule has 1 atom stereocenters. The molecule has 0 bridgehead atoms. The lowest BCUT2D eigenvalue weighted by Crippen LogP contribution is -2.24. The molecule has 25 heavy (non-hydrogen) atoms. The third-order valence-corrected chi connectivity index (χ3v) is 4.67. The van der Waals surface area contributed by atoms with Crippen LogP contribution in [0.4, 0.5) is 0 Å². The molecule has 0 amide bonds. The second-order valence-corrected chi connectivity index (χ2v) is 7.45. The summed E-state index contributed by atoms with van der Waals surface area (Å²) in [5.41, 5.74) is 0.565. The van der Waals surface area contributed by atoms with E-state index in [1.807, 2.05) is 0 Å². The van der Waals surface area contributed by atoms with Crippen molar-refractivity contribution in [3.05, 3.63) is 59.7 Å². The number of sulfone groups is 1. The van der Waals surface area contributed by atoms with Crippen molar-refractivity contribution in [1.29, 1.82) is 0 Å². The van der Waals surface area contributed by atoms with Gasteiger partial charge in [-0.05, 0) is 55.5 Å². The van der Waals surface area contributed by atoms with Gasteiger partial charge in [0.15, 0.2) is 15.9 Å². The highest BCUT2D eigenvalue weighted by Gasteiger charge is 2.20. The highest BCUT2D eigenvalue weighted by molar-refractivity contribution is 7.90. The van der Waals surface area contributed by atoms with Gasteiger partial charge in [-0.3, -0.25) is 4.79 Å². The summed E-state index contributed by atoms with van der Waals surface area (Å²) in [6.07, 6.45) is 0.103. The van der Waals surface area contributed by atoms with Crippen LogP contribution in [-0.4, -0.2) is 39.6 Å². The fourth-order valence-corrected chi connectivity index (χ4v) is 2.74. The average molecular weight is 362 g/mol. The van der Waals surface area contributed by atoms with Crippen molar-refractivity contribution in [2.75, 3.05) is 13.4 Å². The molecule has 0 aliphatic rings. The first-order valence-corrected chi connectivity index (χ1v) is 9.31. The fraction of sp³-hybridized carbons (Fsp3) is 0.222. The van der Waals surface area contributed by atoms with Gasteiger partial charge in [0.2, 0.25) is 5.78 Å². The minimum atomic E-state index is -3.34. The van der Waals surface area contributed by atoms with E-state index in [0.717, 1.165) is 6.26 Å². The van der Waals surface area contributed by atoms with E-state index >= 15 is 0 Å². The van der Waals surface area contributed by atoms with Gasteiger partial charge in [-0.2, -0.15) is 0 Å². The van der Waals surface area contributed by atoms with E-state index in [-0.39, 0.29) is 16.2 Å². The third kappa shape index (κ3) is 4.67. The Morgan fingerprint density at radius 1 is 0.920 bits per heavy atom. The Bertz CT molecular complexity index is 867. The van der Waals surface area contributed by atoms with Crippen LogP contribution in [-0.2, 0) is 14.6 Å². The maximum Gasteiger partial charge on any atom is 0.338 e. The molecule has 0 fully saturated rings. The molecule has 132 valence electrons. The molecule has 6 nitrogen and oxygen atoms in total. The summed E-state index contributed by atoms with van der Waals surface area (Å²) in [6, 6.07) is 11.8. The molecule has 2 aromatic carbocycles. The number of hydrogen-bond acceptors (Lipinski definition) is 6. The quantitative estimate of drug-likeness (QED) is 0.580. The largest absolute Gasteiger partial charge is 0.497 e. The number of Topliss-reactive ketones (excluding diaryl/α,β-unsaturated/α-hetero) is 1. The molecule has 0 aromatic heterocycles. The first kappa shape index (κ1) is 18.7. The molecule has 1 unspecified atom stereocenters. The number of carbonyl (C=O) groups excluding carboxylic acids is 2. The molecule has 0 N–H and O–H groups in total. The second-order valence-electron chi connectivity index (χ2n) is 5.44. The van der Waals surface area contributed by atoms with Crippen LogP contribution < -0.4 is 4.74 Å². The van der Waals surface area contributed by atoms with Crippen LogP contribution in [0.5, 0.6) is 5.75 Å². The number of rotatable bonds is 6. The molecule has 0 saturated heterocycles. The van der Waals surface area contributed by atoms with E-state index < -0.39 is 21.9 Å². The first-order valence-electron chi connectivity index (χ1n) is 7.41. The van der Waals surface area contributed by atoms with Gasteiger partial charge in [0.05, 0.1) is 17.6 Å². The van der Waals surface area contributed by atoms with Crippen LogP contribution in [0, 0.1) is 0 Å². The number of carbonyl (C=O) groups is 2. The molecule has 0 saturated carbocycles. The Morgan fingerprint density at radius 3 is 1.92 bits per heavy atom. The highest BCUT2D eigenvalue weighted by atomic mass is 32.2. The SMILES string of the molecule is COc1ccc(C(=O)C(C)OC(=O)c2ccc(S(C)(=O)=O)cc2)cc1. The predicted octanol–water partition coefficient (Wildman–Crippen LogP) is 2.53. The number of hydrogen-bond donors (Lipinski definition) is 0. The molecule has 0 heterocycles. The number of ether oxygens (including phenoxy) is 2. The van der Waals surface area contributed by atoms with Crippen molar-refractivity contribution in [3.8, 4) is 5.75 Å². The van der Waals surface area contributed by atoms with E-state index in [9.17, 15) is 18.0 Å². The standard InChI is InChI=1S/C18H18O6S/c1-12(17(19)13-4-8-15(23-2)9-5-13)24-18(20)14-6-10-16(11-7-14)25(3,21)22/h4-12H,1-3H3. The van der Waals surface area contributed by atoms with E-state index in [1.165, 1.54) is 38.3 Å². The highest BCUT2D eigenvalue weighted by Crippen LogP contribution is 2.15. The topological polar surface area (TPSA) is 86.7 Å². The van der Waals surface area contributed by atoms with Crippen LogP contribution in [0.1, 0.15) is 27.6 Å². The summed E-state index contributed by atoms with van der Waals surface area (Å²) in [4.78, 5) is 24.5. The minimum absolute atomic E-state index is 0.103. The summed E-state index contributed by atoms with van der Waals surface area (Å²) in [5.74, 6) is -0.426. The minimum Gasteiger partial charge on any atom is -0.497 e. The molecule has 0 radical (unpaired) electrons. The summed E-state index contributed by atoms with van der Waals surface area (Å²) >= 11 is 0. The zero-order valence-electron chi connectivity index (χ0n) is 14.1. The van der Waals surface area contributed by atoms with Crippen molar-refractivity contribution < 1.29 is 27.5 Å². The van der Waals surface area contributed by atoms with Crippen molar-refractivity contribution in [1.82, 2.24) is 0 Å². The normalized spacial score (nSPS) is 12.3. The lowest BCUT2D eigenvalue weighted by Gasteiger charge is -2.13. The fourth-order valence-electron chi connectivity index (χ4n) is 2.11. The Labute approximate surface area is 146 Å². The molecular formula is C18H18O6S. The van der Waals surface area contributed by atoms with Gasteiger partial charge in [-0.25, -0.2) is 13.2 Å². The van der Waals surface area contributed by atoms with Crippen LogP contribution in [0.2, 0.25) is 0 Å². The zero-order chi connectivity index (χ0) is 18.6. The predicted molar refractivity (Wildman–Crippen MR) is 91.8 cm³/mol. The number of ketones is 1. The summed E-state index contributed by atoms with van der Waals surface area (Å²) in [7, 11) is -1.82. The molecular weight excluding hydrogens is 344 g/mol. The average Bonchev–Trinajstić information content (AvgIpc) is 2.60. The van der Waals surface area contributed by atoms with Crippen LogP contribution in [0.15, 0.2) is 53.4 Å². The van der Waals surface area contributed by atoms with E-state index in [0.29, 0.717) is 11.3 Å². The molecule has 0 aliphatic heterocycles. The zero-order valence-corrected chi connectivity index (χ0v) is 14.9. The maximum absolute atomic E-state index is 12.3. The van der Waals surface area contributed by atoms with Gasteiger partial charge in [0, 0.05) is 11.8 Å². The van der Waals surface area contributed by atoms with Crippen molar-refractivity contribution in [3.63, 3.8) is 0 Å². The van der Waals surface area contributed by atoms with Crippen LogP contribution in [0.25, 0.3) is 0 Å². The van der Waals surface area contributed by atoms with Gasteiger partial charge >= 0.3 is 5.97 Å². The lowest BCUT2D eigenvalue weighted by atomic mass is 10.1. The molecule has 0 spiro atoms. The van der Waals surface area contributed by atoms with Gasteiger partial charge in [0.1, 0.15) is 5.75 Å². The summed E-state index contributed by atoms with van der Waals surface area (Å²) in [6.45, 7) is 1.48. The van der Waals surface area contributed by atoms with Gasteiger partial charge in [-0.15, -0.1) is 0 Å². The molecule has 7 heteroatoms. The maximum atomic E-state index is 12.3. The molecule has 2 aromatic rings. The lowest BCUT2D eigenvalue weighted by molar-refractivity contribution is 0.0318. The number of methoxy groups -OCH3 is 1. The monoisotopic (exact) mass is 362 g/mol. The third-order valence-electron chi connectivity index (χ3n) is 3.55. The molecule has 2 rings (SSSR count). The van der Waals surface area contributed by atoms with E-state index in [2.05, 4.69) is 0 Å². The van der Waals surface area contributed by atoms with Gasteiger partial charge in [-0.1, -0.05) is 0 Å². The van der Waals surface area contributed by atoms with Crippen molar-refractivity contribution >= 4 is 21.6 Å². The second kappa shape index (κ2) is 7.48. The van der Waals surface area contributed by atoms with Crippen molar-refractivity contribution in [2.45, 2.75) is 17.9 Å². The van der Waals surface area contributed by atoms with E-state index in [4.69, 9.17) is 9.47 Å². The van der Waals surface area contributed by atoms with Gasteiger partial charge < -0.3 is 9.47 Å². The first-order chi connectivity index (χ1) is 11.7.